The van der Waals surface area contributed by atoms with Gasteiger partial charge in [-0.1, -0.05) is 18.2 Å². The maximum Gasteiger partial charge on any atom is 0.322 e. The number of benzene rings is 1. The number of para-hydroxylation sites is 1. The van der Waals surface area contributed by atoms with Crippen molar-refractivity contribution in [1.82, 2.24) is 10.2 Å². The number of hydrogen-bond donors (Lipinski definition) is 2. The second kappa shape index (κ2) is 10.0. The van der Waals surface area contributed by atoms with Crippen molar-refractivity contribution in [3.05, 3.63) is 29.8 Å². The minimum atomic E-state index is -1.05. The molecule has 0 fully saturated rings. The van der Waals surface area contributed by atoms with Gasteiger partial charge in [0.1, 0.15) is 12.3 Å². The van der Waals surface area contributed by atoms with Crippen molar-refractivity contribution in [2.24, 2.45) is 0 Å². The molecule has 22 heavy (non-hydrogen) atoms. The minimum Gasteiger partial charge on any atom is -0.496 e. The van der Waals surface area contributed by atoms with Crippen LogP contribution in [0.2, 0.25) is 0 Å². The number of hydrogen-bond acceptors (Lipinski definition) is 4. The zero-order valence-electron chi connectivity index (χ0n) is 13.0. The van der Waals surface area contributed by atoms with E-state index in [1.807, 2.05) is 43.1 Å². The summed E-state index contributed by atoms with van der Waals surface area (Å²) in [7, 11) is 3.47. The Morgan fingerprint density at radius 1 is 1.36 bits per heavy atom. The van der Waals surface area contributed by atoms with Crippen LogP contribution in [0.15, 0.2) is 24.3 Å². The van der Waals surface area contributed by atoms with E-state index >= 15 is 0 Å². The van der Waals surface area contributed by atoms with E-state index in [4.69, 9.17) is 9.84 Å². The fourth-order valence-corrected chi connectivity index (χ4v) is 1.96. The number of rotatable bonds is 8. The Bertz CT molecular complexity index is 496. The molecule has 0 heterocycles. The lowest BCUT2D eigenvalue weighted by molar-refractivity contribution is -0.138. The molecule has 0 spiro atoms. The molecule has 1 unspecified atom stereocenters. The Kier molecular flexibility index (Phi) is 9.21. The predicted octanol–water partition coefficient (Wildman–Crippen LogP) is 1.18. The van der Waals surface area contributed by atoms with Crippen LogP contribution in [0.1, 0.15) is 12.5 Å². The monoisotopic (exact) mass is 330 g/mol. The molecule has 0 radical (unpaired) electrons. The maximum atomic E-state index is 11.6. The Labute approximate surface area is 136 Å². The molecular weight excluding hydrogens is 308 g/mol. The van der Waals surface area contributed by atoms with Crippen LogP contribution in [-0.2, 0) is 16.0 Å². The first-order valence-electron chi connectivity index (χ1n) is 6.74. The van der Waals surface area contributed by atoms with Crippen LogP contribution >= 0.6 is 12.4 Å². The summed E-state index contributed by atoms with van der Waals surface area (Å²) in [5, 5.41) is 10.9. The largest absolute Gasteiger partial charge is 0.496 e. The Morgan fingerprint density at radius 3 is 2.59 bits per heavy atom. The molecule has 1 aromatic carbocycles. The van der Waals surface area contributed by atoms with Gasteiger partial charge in [0.05, 0.1) is 13.7 Å². The number of carboxylic acids is 1. The highest BCUT2D eigenvalue weighted by Gasteiger charge is 2.15. The number of nitrogens with zero attached hydrogens (tertiary/aromatic N) is 1. The van der Waals surface area contributed by atoms with Crippen molar-refractivity contribution in [3.63, 3.8) is 0 Å². The van der Waals surface area contributed by atoms with Crippen molar-refractivity contribution in [2.75, 3.05) is 27.2 Å². The second-order valence-electron chi connectivity index (χ2n) is 4.95. The van der Waals surface area contributed by atoms with Gasteiger partial charge < -0.3 is 15.2 Å². The average Bonchev–Trinajstić information content (AvgIpc) is 2.45. The fraction of sp³-hybridized carbons (Fsp3) is 0.467. The first kappa shape index (κ1) is 20.2. The van der Waals surface area contributed by atoms with Crippen LogP contribution in [0.4, 0.5) is 0 Å². The van der Waals surface area contributed by atoms with Crippen molar-refractivity contribution >= 4 is 24.3 Å². The fourth-order valence-electron chi connectivity index (χ4n) is 1.96. The Balaban J connectivity index is 0.00000441. The molecule has 6 nitrogen and oxygen atoms in total. The lowest BCUT2D eigenvalue weighted by Gasteiger charge is -2.24. The van der Waals surface area contributed by atoms with E-state index in [2.05, 4.69) is 5.32 Å². The lowest BCUT2D eigenvalue weighted by atomic mass is 10.1. The van der Waals surface area contributed by atoms with Crippen LogP contribution in [-0.4, -0.2) is 55.2 Å². The molecule has 0 aliphatic rings. The number of likely N-dealkylation sites (N-methyl/N-ethyl adjacent to an activating group) is 1. The highest BCUT2D eigenvalue weighted by atomic mass is 35.5. The zero-order chi connectivity index (χ0) is 15.8. The summed E-state index contributed by atoms with van der Waals surface area (Å²) in [6, 6.07) is 7.88. The summed E-state index contributed by atoms with van der Waals surface area (Å²) in [6.07, 6.45) is 0.743. The van der Waals surface area contributed by atoms with E-state index < -0.39 is 5.97 Å². The van der Waals surface area contributed by atoms with Crippen LogP contribution < -0.4 is 10.1 Å². The first-order valence-corrected chi connectivity index (χ1v) is 6.74. The predicted molar refractivity (Wildman–Crippen MR) is 86.7 cm³/mol. The highest BCUT2D eigenvalue weighted by Crippen LogP contribution is 2.20. The van der Waals surface area contributed by atoms with E-state index in [0.29, 0.717) is 0 Å². The standard InChI is InChI=1S/C15H22N2O4.ClH/c1-11(8-12-6-4-5-7-13(12)21-3)17(2)10-14(18)16-9-15(19)20;/h4-7,11H,8-10H2,1-3H3,(H,16,18)(H,19,20);1H. The van der Waals surface area contributed by atoms with Crippen LogP contribution in [0, 0.1) is 0 Å². The maximum absolute atomic E-state index is 11.6. The molecule has 0 bridgehead atoms. The molecule has 7 heteroatoms. The number of aliphatic carboxylic acids is 1. The third-order valence-electron chi connectivity index (χ3n) is 3.29. The van der Waals surface area contributed by atoms with Gasteiger partial charge in [0.2, 0.25) is 5.91 Å². The number of amides is 1. The van der Waals surface area contributed by atoms with Crippen LogP contribution in [0.3, 0.4) is 0 Å². The van der Waals surface area contributed by atoms with Gasteiger partial charge in [-0.25, -0.2) is 0 Å². The quantitative estimate of drug-likeness (QED) is 0.748. The van der Waals surface area contributed by atoms with Crippen molar-refractivity contribution in [2.45, 2.75) is 19.4 Å². The van der Waals surface area contributed by atoms with Gasteiger partial charge in [-0.15, -0.1) is 12.4 Å². The van der Waals surface area contributed by atoms with Crippen molar-refractivity contribution in [3.8, 4) is 5.75 Å². The number of carbonyl (C=O) groups is 2. The van der Waals surface area contributed by atoms with Crippen LogP contribution in [0.5, 0.6) is 5.75 Å². The Morgan fingerprint density at radius 2 is 2.00 bits per heavy atom. The minimum absolute atomic E-state index is 0. The van der Waals surface area contributed by atoms with Gasteiger partial charge in [0, 0.05) is 6.04 Å². The van der Waals surface area contributed by atoms with E-state index in [1.54, 1.807) is 7.11 Å². The lowest BCUT2D eigenvalue weighted by Crippen LogP contribution is -2.41. The summed E-state index contributed by atoms with van der Waals surface area (Å²) in [5.74, 6) is -0.520. The smallest absolute Gasteiger partial charge is 0.322 e. The molecule has 1 rings (SSSR count). The molecule has 2 N–H and O–H groups in total. The molecule has 124 valence electrons. The summed E-state index contributed by atoms with van der Waals surface area (Å²) in [6.45, 7) is 1.81. The molecule has 1 amide bonds. The zero-order valence-corrected chi connectivity index (χ0v) is 13.9. The van der Waals surface area contributed by atoms with Gasteiger partial charge in [0.15, 0.2) is 0 Å². The van der Waals surface area contributed by atoms with Gasteiger partial charge in [-0.3, -0.25) is 14.5 Å². The van der Waals surface area contributed by atoms with E-state index in [0.717, 1.165) is 17.7 Å². The van der Waals surface area contributed by atoms with Gasteiger partial charge >= 0.3 is 5.97 Å². The number of nitrogens with one attached hydrogen (secondary N) is 1. The number of halogens is 1. The number of carboxylic acid groups (broad SMARTS) is 1. The van der Waals surface area contributed by atoms with Gasteiger partial charge in [-0.05, 0) is 32.0 Å². The van der Waals surface area contributed by atoms with Crippen LogP contribution in [0.25, 0.3) is 0 Å². The average molecular weight is 331 g/mol. The molecule has 0 aliphatic carbocycles. The third-order valence-corrected chi connectivity index (χ3v) is 3.29. The molecule has 1 aromatic rings. The van der Waals surface area contributed by atoms with E-state index in [1.165, 1.54) is 0 Å². The number of carbonyl (C=O) groups excluding carboxylic acids is 1. The van der Waals surface area contributed by atoms with E-state index in [-0.39, 0.29) is 37.4 Å². The number of ether oxygens (including phenoxy) is 1. The summed E-state index contributed by atoms with van der Waals surface area (Å²) in [4.78, 5) is 23.9. The normalized spacial score (nSPS) is 11.5. The van der Waals surface area contributed by atoms with E-state index in [9.17, 15) is 9.59 Å². The molecule has 0 aromatic heterocycles. The first-order chi connectivity index (χ1) is 9.93. The molecule has 0 aliphatic heterocycles. The van der Waals surface area contributed by atoms with Crippen molar-refractivity contribution < 1.29 is 19.4 Å². The SMILES string of the molecule is COc1ccccc1CC(C)N(C)CC(=O)NCC(=O)O.Cl. The molecular formula is C15H23ClN2O4. The molecule has 0 saturated heterocycles. The molecule has 1 atom stereocenters. The topological polar surface area (TPSA) is 78.9 Å². The van der Waals surface area contributed by atoms with Gasteiger partial charge in [0.25, 0.3) is 0 Å². The highest BCUT2D eigenvalue weighted by molar-refractivity contribution is 5.85. The van der Waals surface area contributed by atoms with Gasteiger partial charge in [-0.2, -0.15) is 0 Å². The number of methoxy groups -OCH3 is 1. The third kappa shape index (κ3) is 6.78. The summed E-state index contributed by atoms with van der Waals surface area (Å²) in [5.41, 5.74) is 1.07. The summed E-state index contributed by atoms with van der Waals surface area (Å²) >= 11 is 0. The Hall–Kier alpha value is -1.79. The second-order valence-corrected chi connectivity index (χ2v) is 4.95. The summed E-state index contributed by atoms with van der Waals surface area (Å²) < 4.78 is 5.31. The molecule has 0 saturated carbocycles. The van der Waals surface area contributed by atoms with Crippen molar-refractivity contribution in [1.29, 1.82) is 0 Å².